The highest BCUT2D eigenvalue weighted by Gasteiger charge is 2.29. The maximum absolute atomic E-state index is 11.7. The van der Waals surface area contributed by atoms with Gasteiger partial charge in [-0.3, -0.25) is 0 Å². The van der Waals surface area contributed by atoms with Crippen LogP contribution in [0.5, 0.6) is 5.75 Å². The molecule has 1 aliphatic rings. The van der Waals surface area contributed by atoms with Crippen LogP contribution >= 0.6 is 0 Å². The van der Waals surface area contributed by atoms with Gasteiger partial charge in [0.1, 0.15) is 11.5 Å². The summed E-state index contributed by atoms with van der Waals surface area (Å²) in [6.45, 7) is 9.46. The molecule has 0 bridgehead atoms. The lowest BCUT2D eigenvalue weighted by Gasteiger charge is -2.33. The molecule has 1 aromatic carbocycles. The molecule has 0 atom stereocenters. The third-order valence-corrected chi connectivity index (χ3v) is 4.65. The number of hydrogen-bond acceptors (Lipinski definition) is 4. The van der Waals surface area contributed by atoms with E-state index in [9.17, 15) is 4.79 Å². The zero-order chi connectivity index (χ0) is 17.3. The zero-order valence-corrected chi connectivity index (χ0v) is 14.8. The van der Waals surface area contributed by atoms with Gasteiger partial charge in [0.05, 0.1) is 13.2 Å². The largest absolute Gasteiger partial charge is 0.493 e. The fourth-order valence-electron chi connectivity index (χ4n) is 3.09. The van der Waals surface area contributed by atoms with Crippen LogP contribution in [0.1, 0.15) is 60.2 Å². The summed E-state index contributed by atoms with van der Waals surface area (Å²) in [7, 11) is 0. The van der Waals surface area contributed by atoms with Crippen molar-refractivity contribution >= 4 is 5.97 Å². The molecule has 0 spiro atoms. The van der Waals surface area contributed by atoms with E-state index in [1.807, 2.05) is 6.07 Å². The van der Waals surface area contributed by atoms with Crippen LogP contribution < -0.4 is 4.74 Å². The lowest BCUT2D eigenvalue weighted by molar-refractivity contribution is 0.0488. The summed E-state index contributed by atoms with van der Waals surface area (Å²) < 4.78 is 16.4. The highest BCUT2D eigenvalue weighted by Crippen LogP contribution is 2.40. The topological polar surface area (TPSA) is 48.7 Å². The Morgan fingerprint density at radius 2 is 2.08 bits per heavy atom. The average Bonchev–Trinajstić information content (AvgIpc) is 2.97. The van der Waals surface area contributed by atoms with E-state index in [1.54, 1.807) is 13.0 Å². The third kappa shape index (κ3) is 3.18. The number of fused-ring (bicyclic) bond motifs is 1. The minimum atomic E-state index is -0.416. The summed E-state index contributed by atoms with van der Waals surface area (Å²) in [5.41, 5.74) is 3.71. The van der Waals surface area contributed by atoms with Gasteiger partial charge < -0.3 is 13.9 Å². The van der Waals surface area contributed by atoms with Crippen molar-refractivity contribution in [2.45, 2.75) is 46.0 Å². The summed E-state index contributed by atoms with van der Waals surface area (Å²) >= 11 is 0. The SMILES string of the molecule is CCOC(=O)c1ccc(Cc2cc3c(cc2C)OCCC3(C)C)o1. The minimum Gasteiger partial charge on any atom is -0.493 e. The van der Waals surface area contributed by atoms with Gasteiger partial charge in [0, 0.05) is 12.0 Å². The molecule has 0 N–H and O–H groups in total. The molecule has 1 aliphatic heterocycles. The van der Waals surface area contributed by atoms with Gasteiger partial charge in [-0.25, -0.2) is 4.79 Å². The molecule has 4 nitrogen and oxygen atoms in total. The number of furan rings is 1. The fourth-order valence-corrected chi connectivity index (χ4v) is 3.09. The Balaban J connectivity index is 1.87. The van der Waals surface area contributed by atoms with Gasteiger partial charge in [-0.2, -0.15) is 0 Å². The second kappa shape index (κ2) is 6.34. The number of hydrogen-bond donors (Lipinski definition) is 0. The molecule has 4 heteroatoms. The van der Waals surface area contributed by atoms with Gasteiger partial charge in [-0.15, -0.1) is 0 Å². The fraction of sp³-hybridized carbons (Fsp3) is 0.450. The molecule has 0 saturated heterocycles. The van der Waals surface area contributed by atoms with Crippen LogP contribution in [-0.4, -0.2) is 19.2 Å². The summed E-state index contributed by atoms with van der Waals surface area (Å²) in [6.07, 6.45) is 1.66. The zero-order valence-electron chi connectivity index (χ0n) is 14.8. The van der Waals surface area contributed by atoms with Crippen LogP contribution in [0, 0.1) is 6.92 Å². The highest BCUT2D eigenvalue weighted by molar-refractivity contribution is 5.86. The van der Waals surface area contributed by atoms with E-state index >= 15 is 0 Å². The Morgan fingerprint density at radius 3 is 2.83 bits per heavy atom. The number of esters is 1. The maximum atomic E-state index is 11.7. The number of rotatable bonds is 4. The van der Waals surface area contributed by atoms with Gasteiger partial charge in [0.25, 0.3) is 0 Å². The van der Waals surface area contributed by atoms with E-state index in [1.165, 1.54) is 16.7 Å². The summed E-state index contributed by atoms with van der Waals surface area (Å²) in [6, 6.07) is 7.85. The monoisotopic (exact) mass is 328 g/mol. The van der Waals surface area contributed by atoms with Crippen molar-refractivity contribution in [2.75, 3.05) is 13.2 Å². The number of ether oxygens (including phenoxy) is 2. The van der Waals surface area contributed by atoms with Crippen LogP contribution in [0.25, 0.3) is 0 Å². The molecule has 2 aromatic rings. The van der Waals surface area contributed by atoms with Crippen molar-refractivity contribution in [1.82, 2.24) is 0 Å². The van der Waals surface area contributed by atoms with Crippen LogP contribution in [0.15, 0.2) is 28.7 Å². The second-order valence-corrected chi connectivity index (χ2v) is 6.92. The molecule has 0 unspecified atom stereocenters. The predicted octanol–water partition coefficient (Wildman–Crippen LogP) is 4.42. The smallest absolute Gasteiger partial charge is 0.374 e. The Hall–Kier alpha value is -2.23. The first-order chi connectivity index (χ1) is 11.4. The lowest BCUT2D eigenvalue weighted by atomic mass is 9.78. The number of aryl methyl sites for hydroxylation is 1. The van der Waals surface area contributed by atoms with E-state index in [-0.39, 0.29) is 11.2 Å². The molecule has 0 amide bonds. The van der Waals surface area contributed by atoms with Gasteiger partial charge in [0.2, 0.25) is 5.76 Å². The lowest BCUT2D eigenvalue weighted by Crippen LogP contribution is -2.27. The molecule has 1 aromatic heterocycles. The van der Waals surface area contributed by atoms with E-state index < -0.39 is 5.97 Å². The maximum Gasteiger partial charge on any atom is 0.374 e. The van der Waals surface area contributed by atoms with Crippen molar-refractivity contribution in [3.05, 3.63) is 52.5 Å². The van der Waals surface area contributed by atoms with E-state index in [4.69, 9.17) is 13.9 Å². The second-order valence-electron chi connectivity index (χ2n) is 6.92. The normalized spacial score (nSPS) is 15.5. The number of benzene rings is 1. The van der Waals surface area contributed by atoms with Crippen molar-refractivity contribution in [2.24, 2.45) is 0 Å². The van der Waals surface area contributed by atoms with Gasteiger partial charge >= 0.3 is 5.97 Å². The van der Waals surface area contributed by atoms with Crippen molar-refractivity contribution < 1.29 is 18.7 Å². The quantitative estimate of drug-likeness (QED) is 0.780. The molecule has 0 aliphatic carbocycles. The minimum absolute atomic E-state index is 0.106. The van der Waals surface area contributed by atoms with Crippen LogP contribution in [0.2, 0.25) is 0 Å². The average molecular weight is 328 g/mol. The molecule has 0 radical (unpaired) electrons. The molecule has 24 heavy (non-hydrogen) atoms. The van der Waals surface area contributed by atoms with Crippen molar-refractivity contribution in [3.8, 4) is 5.75 Å². The third-order valence-electron chi connectivity index (χ3n) is 4.65. The van der Waals surface area contributed by atoms with Gasteiger partial charge in [-0.1, -0.05) is 19.9 Å². The molecular weight excluding hydrogens is 304 g/mol. The first-order valence-electron chi connectivity index (χ1n) is 8.43. The first-order valence-corrected chi connectivity index (χ1v) is 8.43. The molecule has 0 fully saturated rings. The Morgan fingerprint density at radius 1 is 1.29 bits per heavy atom. The number of carbonyl (C=O) groups is 1. The standard InChI is InChI=1S/C20H24O4/c1-5-22-19(21)17-7-6-15(24-17)11-14-12-16-18(10-13(14)2)23-9-8-20(16,3)4/h6-7,10,12H,5,8-9,11H2,1-4H3. The molecule has 0 saturated carbocycles. The van der Waals surface area contributed by atoms with Gasteiger partial charge in [0.15, 0.2) is 0 Å². The molecule has 128 valence electrons. The summed E-state index contributed by atoms with van der Waals surface area (Å²) in [5, 5.41) is 0. The number of carbonyl (C=O) groups excluding carboxylic acids is 1. The summed E-state index contributed by atoms with van der Waals surface area (Å²) in [4.78, 5) is 11.7. The van der Waals surface area contributed by atoms with Crippen molar-refractivity contribution in [1.29, 1.82) is 0 Å². The predicted molar refractivity (Wildman–Crippen MR) is 91.8 cm³/mol. The molecule has 3 rings (SSSR count). The van der Waals surface area contributed by atoms with Crippen LogP contribution in [-0.2, 0) is 16.6 Å². The molecule has 2 heterocycles. The van der Waals surface area contributed by atoms with E-state index in [0.29, 0.717) is 13.0 Å². The van der Waals surface area contributed by atoms with E-state index in [2.05, 4.69) is 32.9 Å². The van der Waals surface area contributed by atoms with E-state index in [0.717, 1.165) is 24.5 Å². The van der Waals surface area contributed by atoms with Crippen LogP contribution in [0.3, 0.4) is 0 Å². The molecular formula is C20H24O4. The first kappa shape index (κ1) is 16.6. The Bertz CT molecular complexity index is 755. The summed E-state index contributed by atoms with van der Waals surface area (Å²) in [5.74, 6) is 1.58. The Kier molecular flexibility index (Phi) is 4.39. The highest BCUT2D eigenvalue weighted by atomic mass is 16.5. The van der Waals surface area contributed by atoms with Crippen LogP contribution in [0.4, 0.5) is 0 Å². The van der Waals surface area contributed by atoms with Gasteiger partial charge in [-0.05, 0) is 55.0 Å². The van der Waals surface area contributed by atoms with Crippen molar-refractivity contribution in [3.63, 3.8) is 0 Å². The Labute approximate surface area is 142 Å².